The summed E-state index contributed by atoms with van der Waals surface area (Å²) in [4.78, 5) is 0. The Morgan fingerprint density at radius 2 is 1.53 bits per heavy atom. The molecular formula is C30H50O2. The van der Waals surface area contributed by atoms with Gasteiger partial charge in [0.15, 0.2) is 0 Å². The van der Waals surface area contributed by atoms with Crippen LogP contribution in [0.2, 0.25) is 0 Å². The second-order valence-electron chi connectivity index (χ2n) is 15.1. The van der Waals surface area contributed by atoms with Crippen LogP contribution in [0.4, 0.5) is 0 Å². The van der Waals surface area contributed by atoms with E-state index in [4.69, 9.17) is 0 Å². The highest BCUT2D eigenvalue weighted by Crippen LogP contribution is 2.75. The van der Waals surface area contributed by atoms with Crippen LogP contribution in [0.3, 0.4) is 0 Å². The van der Waals surface area contributed by atoms with E-state index in [0.29, 0.717) is 40.6 Å². The predicted octanol–water partition coefficient (Wildman–Crippen LogP) is 7.14. The highest BCUT2D eigenvalue weighted by Gasteiger charge is 2.68. The Balaban J connectivity index is 1.58. The first kappa shape index (κ1) is 23.4. The molecule has 0 aromatic heterocycles. The zero-order valence-electron chi connectivity index (χ0n) is 22.1. The maximum atomic E-state index is 10.9. The van der Waals surface area contributed by atoms with E-state index in [1.807, 2.05) is 0 Å². The summed E-state index contributed by atoms with van der Waals surface area (Å²) in [5.41, 5.74) is 3.16. The van der Waals surface area contributed by atoms with Crippen molar-refractivity contribution in [3.63, 3.8) is 0 Å². The van der Waals surface area contributed by atoms with Crippen LogP contribution in [0.15, 0.2) is 11.6 Å². The lowest BCUT2D eigenvalue weighted by atomic mass is 9.33. The van der Waals surface area contributed by atoms with Gasteiger partial charge in [0.1, 0.15) is 0 Å². The first-order valence-corrected chi connectivity index (χ1v) is 13.8. The van der Waals surface area contributed by atoms with Gasteiger partial charge >= 0.3 is 0 Å². The van der Waals surface area contributed by atoms with Crippen molar-refractivity contribution < 1.29 is 10.2 Å². The molecule has 0 spiro atoms. The van der Waals surface area contributed by atoms with Gasteiger partial charge in [-0.1, -0.05) is 60.1 Å². The molecule has 4 fully saturated rings. The van der Waals surface area contributed by atoms with Crippen LogP contribution < -0.4 is 0 Å². The fourth-order valence-electron chi connectivity index (χ4n) is 10.6. The lowest BCUT2D eigenvalue weighted by molar-refractivity contribution is -0.204. The molecule has 2 N–H and O–H groups in total. The number of allylic oxidation sites excluding steroid dienone is 2. The molecule has 0 heterocycles. The average molecular weight is 443 g/mol. The Kier molecular flexibility index (Phi) is 5.02. The Hall–Kier alpha value is -0.340. The van der Waals surface area contributed by atoms with Crippen molar-refractivity contribution >= 4 is 0 Å². The van der Waals surface area contributed by atoms with Crippen molar-refractivity contribution in [2.75, 3.05) is 6.61 Å². The first-order valence-electron chi connectivity index (χ1n) is 13.8. The van der Waals surface area contributed by atoms with Crippen LogP contribution in [0.25, 0.3) is 0 Å². The summed E-state index contributed by atoms with van der Waals surface area (Å²) < 4.78 is 0. The molecule has 32 heavy (non-hydrogen) atoms. The lowest BCUT2D eigenvalue weighted by Gasteiger charge is -2.71. The van der Waals surface area contributed by atoms with Crippen molar-refractivity contribution in [1.82, 2.24) is 0 Å². The Bertz CT molecular complexity index is 810. The summed E-state index contributed by atoms with van der Waals surface area (Å²) in [6.07, 6.45) is 14.6. The molecule has 0 aromatic rings. The summed E-state index contributed by atoms with van der Waals surface area (Å²) in [6.45, 7) is 17.8. The highest BCUT2D eigenvalue weighted by atomic mass is 16.3. The van der Waals surface area contributed by atoms with Crippen molar-refractivity contribution in [1.29, 1.82) is 0 Å². The van der Waals surface area contributed by atoms with Gasteiger partial charge in [-0.25, -0.2) is 0 Å². The number of rotatable bonds is 1. The maximum absolute atomic E-state index is 10.9. The minimum atomic E-state index is -0.153. The van der Waals surface area contributed by atoms with Gasteiger partial charge < -0.3 is 10.2 Å². The fraction of sp³-hybridized carbons (Fsp3) is 0.933. The summed E-state index contributed by atoms with van der Waals surface area (Å²) >= 11 is 0. The average Bonchev–Trinajstić information content (AvgIpc) is 2.71. The van der Waals surface area contributed by atoms with Gasteiger partial charge in [-0.05, 0) is 109 Å². The molecule has 5 rings (SSSR count). The smallest absolute Gasteiger partial charge is 0.0594 e. The highest BCUT2D eigenvalue weighted by molar-refractivity contribution is 5.33. The number of hydrogen-bond acceptors (Lipinski definition) is 2. The van der Waals surface area contributed by atoms with Crippen LogP contribution in [0.1, 0.15) is 113 Å². The van der Waals surface area contributed by atoms with Gasteiger partial charge in [0.2, 0.25) is 0 Å². The van der Waals surface area contributed by atoms with Crippen LogP contribution in [0, 0.1) is 50.2 Å². The van der Waals surface area contributed by atoms with E-state index in [1.165, 1.54) is 57.8 Å². The number of hydrogen-bond donors (Lipinski definition) is 2. The Labute approximate surface area is 197 Å². The minimum Gasteiger partial charge on any atom is -0.396 e. The number of aliphatic hydroxyl groups excluding tert-OH is 2. The Morgan fingerprint density at radius 3 is 2.22 bits per heavy atom. The molecule has 0 bridgehead atoms. The van der Waals surface area contributed by atoms with E-state index in [2.05, 4.69) is 54.5 Å². The van der Waals surface area contributed by atoms with E-state index in [0.717, 1.165) is 6.42 Å². The normalized spacial score (nSPS) is 53.8. The van der Waals surface area contributed by atoms with Crippen LogP contribution in [-0.2, 0) is 0 Å². The van der Waals surface area contributed by atoms with E-state index in [9.17, 15) is 10.2 Å². The molecule has 0 aliphatic heterocycles. The van der Waals surface area contributed by atoms with E-state index >= 15 is 0 Å². The third-order valence-electron chi connectivity index (χ3n) is 13.1. The molecule has 8 atom stereocenters. The maximum Gasteiger partial charge on any atom is 0.0594 e. The molecule has 2 nitrogen and oxygen atoms in total. The second kappa shape index (κ2) is 6.87. The molecule has 0 aromatic carbocycles. The quantitative estimate of drug-likeness (QED) is 0.424. The molecule has 4 saturated carbocycles. The summed E-state index contributed by atoms with van der Waals surface area (Å²) in [5, 5.41) is 21.5. The monoisotopic (exact) mass is 442 g/mol. The summed E-state index contributed by atoms with van der Waals surface area (Å²) in [7, 11) is 0. The largest absolute Gasteiger partial charge is 0.396 e. The third-order valence-corrected chi connectivity index (χ3v) is 13.1. The van der Waals surface area contributed by atoms with E-state index < -0.39 is 0 Å². The predicted molar refractivity (Wildman–Crippen MR) is 132 cm³/mol. The molecular weight excluding hydrogens is 392 g/mol. The van der Waals surface area contributed by atoms with Crippen LogP contribution in [0.5, 0.6) is 0 Å². The molecule has 182 valence electrons. The summed E-state index contributed by atoms with van der Waals surface area (Å²) in [6, 6.07) is 0. The second-order valence-corrected chi connectivity index (χ2v) is 15.1. The van der Waals surface area contributed by atoms with Gasteiger partial charge in [0, 0.05) is 12.0 Å². The van der Waals surface area contributed by atoms with Gasteiger partial charge in [0.25, 0.3) is 0 Å². The molecule has 2 heteroatoms. The van der Waals surface area contributed by atoms with Gasteiger partial charge in [-0.3, -0.25) is 0 Å². The van der Waals surface area contributed by atoms with E-state index in [1.54, 1.807) is 5.57 Å². The fourth-order valence-corrected chi connectivity index (χ4v) is 10.6. The minimum absolute atomic E-state index is 0.0191. The number of aliphatic hydroxyl groups is 2. The van der Waals surface area contributed by atoms with Crippen molar-refractivity contribution in [3.8, 4) is 0 Å². The topological polar surface area (TPSA) is 40.5 Å². The lowest BCUT2D eigenvalue weighted by Crippen LogP contribution is -2.64. The van der Waals surface area contributed by atoms with Crippen LogP contribution >= 0.6 is 0 Å². The first-order chi connectivity index (χ1) is 14.8. The van der Waals surface area contributed by atoms with E-state index in [-0.39, 0.29) is 22.3 Å². The SMILES string of the molecule is CC1(C)CC[C@]2(CO)CC[C@]3(C)C(=CCC4[C@@]5(C)CC[C@H](O)C(C)(C)C5CC[C@]43C)C2C1. The third kappa shape index (κ3) is 2.78. The van der Waals surface area contributed by atoms with Gasteiger partial charge in [0.05, 0.1) is 6.10 Å². The van der Waals surface area contributed by atoms with Crippen molar-refractivity contribution in [3.05, 3.63) is 11.6 Å². The van der Waals surface area contributed by atoms with Crippen LogP contribution in [-0.4, -0.2) is 22.9 Å². The zero-order valence-corrected chi connectivity index (χ0v) is 22.1. The molecule has 3 unspecified atom stereocenters. The van der Waals surface area contributed by atoms with Crippen molar-refractivity contribution in [2.45, 2.75) is 119 Å². The Morgan fingerprint density at radius 1 is 0.844 bits per heavy atom. The summed E-state index contributed by atoms with van der Waals surface area (Å²) in [5.74, 6) is 1.87. The molecule has 5 aliphatic carbocycles. The molecule has 0 amide bonds. The van der Waals surface area contributed by atoms with Gasteiger partial charge in [-0.2, -0.15) is 0 Å². The van der Waals surface area contributed by atoms with Gasteiger partial charge in [-0.15, -0.1) is 0 Å². The number of fused-ring (bicyclic) bond motifs is 7. The van der Waals surface area contributed by atoms with Crippen molar-refractivity contribution in [2.24, 2.45) is 50.2 Å². The molecule has 0 saturated heterocycles. The molecule has 0 radical (unpaired) electrons. The standard InChI is InChI=1S/C30H50O2/c1-25(2)14-16-30(19-31)17-15-28(6)20(21(30)18-25)8-9-23-27(5)12-11-24(32)26(3,4)22(27)10-13-29(23,28)7/h8,21-24,31-32H,9-19H2,1-7H3/t21?,22?,23?,24-,27-,28+,29+,30+/m0/s1. The molecule has 5 aliphatic rings. The zero-order chi connectivity index (χ0) is 23.4.